The van der Waals surface area contributed by atoms with Gasteiger partial charge < -0.3 is 45.7 Å². The van der Waals surface area contributed by atoms with Crippen molar-refractivity contribution in [1.82, 2.24) is 25.3 Å². The van der Waals surface area contributed by atoms with E-state index in [1.807, 2.05) is 70.2 Å². The number of piperidine rings is 1. The van der Waals surface area contributed by atoms with Crippen molar-refractivity contribution in [2.24, 2.45) is 29.4 Å². The number of amides is 6. The number of likely N-dealkylation sites (N-methyl/N-ethyl adjacent to an activating group) is 1. The summed E-state index contributed by atoms with van der Waals surface area (Å²) in [5, 5.41) is 8.97. The van der Waals surface area contributed by atoms with Gasteiger partial charge in [-0.25, -0.2) is 4.79 Å². The van der Waals surface area contributed by atoms with Crippen LogP contribution >= 0.6 is 0 Å². The molecule has 0 unspecified atom stereocenters. The number of methoxy groups -OCH3 is 2. The fourth-order valence-corrected chi connectivity index (χ4v) is 10.5. The van der Waals surface area contributed by atoms with Crippen LogP contribution in [0, 0.1) is 23.7 Å². The third kappa shape index (κ3) is 13.2. The predicted molar refractivity (Wildman–Crippen MR) is 261 cm³/mol. The van der Waals surface area contributed by atoms with Gasteiger partial charge in [0.05, 0.1) is 36.6 Å². The number of hydrogen-bond acceptors (Lipinski definition) is 10. The van der Waals surface area contributed by atoms with Gasteiger partial charge in [0.15, 0.2) is 0 Å². The standard InChI is InChI=1S/C52H79N7O9/c1-12-32(4)44(57(9)50(64)43(31(2)3)56-49(63)45-36-22-25-38(28-36)59(45)51(65)68-52(6,7)8)41(66-10)29-42(60)58-26-16-19-40(58)46(67-11)33(5)47(61)55-39(27-34-17-14-13-15-18-34)48(62)54-37-23-20-35(30-53)21-24-37/h13-15,17-18,20-21,23-24,31-33,36,38-41,43-46H,12,16,19,22,25-30,53H2,1-11H3,(H,54,62)(H,55,61)(H,56,63)/t32-,33+,36-,38+,39-,40-,41+,43-,44-,45-,46+/m0/s1. The largest absolute Gasteiger partial charge is 0.444 e. The molecule has 2 aliphatic heterocycles. The van der Waals surface area contributed by atoms with Gasteiger partial charge in [0.1, 0.15) is 23.7 Å². The first-order valence-corrected chi connectivity index (χ1v) is 24.6. The minimum Gasteiger partial charge on any atom is -0.444 e. The van der Waals surface area contributed by atoms with Crippen LogP contribution in [0.3, 0.4) is 0 Å². The summed E-state index contributed by atoms with van der Waals surface area (Å²) >= 11 is 0. The lowest BCUT2D eigenvalue weighted by Crippen LogP contribution is -2.61. The average molecular weight is 946 g/mol. The van der Waals surface area contributed by atoms with Crippen LogP contribution in [0.25, 0.3) is 0 Å². The van der Waals surface area contributed by atoms with Gasteiger partial charge in [-0.3, -0.25) is 28.9 Å². The second-order valence-electron chi connectivity index (χ2n) is 20.5. The molecule has 2 bridgehead atoms. The SMILES string of the molecule is CC[C@H](C)[C@@H]([C@@H](CC(=O)N1CCC[C@H]1[C@H](OC)[C@@H](C)C(=O)N[C@@H](Cc1ccccc1)C(=O)Nc1ccc(CN)cc1)OC)N(C)C(=O)[C@@H](NC(=O)[C@@H]1[C@H]2CC[C@H](C2)N1C(=O)OC(C)(C)C)C(C)C. The first-order chi connectivity index (χ1) is 32.2. The molecule has 5 rings (SSSR count). The fourth-order valence-electron chi connectivity index (χ4n) is 10.5. The van der Waals surface area contributed by atoms with Crippen molar-refractivity contribution in [2.75, 3.05) is 33.1 Å². The molecule has 6 amide bonds. The number of fused-ring (bicyclic) bond motifs is 2. The molecule has 1 aliphatic carbocycles. The number of hydrogen-bond donors (Lipinski definition) is 4. The number of nitrogens with zero attached hydrogens (tertiary/aromatic N) is 3. The van der Waals surface area contributed by atoms with E-state index in [1.165, 1.54) is 14.2 Å². The Morgan fingerprint density at radius 1 is 0.868 bits per heavy atom. The Kier molecular flexibility index (Phi) is 19.0. The van der Waals surface area contributed by atoms with Crippen molar-refractivity contribution in [3.63, 3.8) is 0 Å². The molecule has 0 spiro atoms. The molecule has 2 heterocycles. The second-order valence-corrected chi connectivity index (χ2v) is 20.5. The Morgan fingerprint density at radius 3 is 2.13 bits per heavy atom. The zero-order chi connectivity index (χ0) is 50.0. The summed E-state index contributed by atoms with van der Waals surface area (Å²) in [4.78, 5) is 89.7. The van der Waals surface area contributed by atoms with E-state index < -0.39 is 60.0 Å². The lowest BCUT2D eigenvalue weighted by atomic mass is 9.89. The van der Waals surface area contributed by atoms with Gasteiger partial charge in [0.2, 0.25) is 29.5 Å². The summed E-state index contributed by atoms with van der Waals surface area (Å²) in [7, 11) is 4.77. The smallest absolute Gasteiger partial charge is 0.411 e. The van der Waals surface area contributed by atoms with Crippen LogP contribution in [0.15, 0.2) is 54.6 Å². The Hall–Kier alpha value is -5.06. The summed E-state index contributed by atoms with van der Waals surface area (Å²) in [6.07, 6.45) is 2.59. The molecule has 376 valence electrons. The predicted octanol–water partition coefficient (Wildman–Crippen LogP) is 5.66. The molecule has 16 nitrogen and oxygen atoms in total. The third-order valence-electron chi connectivity index (χ3n) is 14.3. The molecule has 2 saturated heterocycles. The molecule has 2 aromatic rings. The van der Waals surface area contributed by atoms with Gasteiger partial charge in [0, 0.05) is 52.5 Å². The fraction of sp³-hybridized carbons (Fsp3) is 0.654. The van der Waals surface area contributed by atoms with Crippen LogP contribution in [-0.4, -0.2) is 132 Å². The summed E-state index contributed by atoms with van der Waals surface area (Å²) in [5.41, 5.74) is 7.41. The number of benzene rings is 2. The zero-order valence-electron chi connectivity index (χ0n) is 42.3. The number of nitrogens with two attached hydrogens (primary N) is 1. The Labute approximate surface area is 404 Å². The van der Waals surface area contributed by atoms with Crippen molar-refractivity contribution in [2.45, 2.75) is 167 Å². The van der Waals surface area contributed by atoms with Crippen LogP contribution in [-0.2, 0) is 51.1 Å². The van der Waals surface area contributed by atoms with E-state index in [1.54, 1.807) is 61.6 Å². The van der Waals surface area contributed by atoms with Gasteiger partial charge in [-0.1, -0.05) is 83.5 Å². The summed E-state index contributed by atoms with van der Waals surface area (Å²) < 4.78 is 17.9. The minimum absolute atomic E-state index is 0.0246. The maximum absolute atomic E-state index is 14.6. The van der Waals surface area contributed by atoms with E-state index in [-0.39, 0.29) is 66.2 Å². The van der Waals surface area contributed by atoms with Crippen LogP contribution in [0.1, 0.15) is 111 Å². The molecule has 3 aliphatic rings. The number of carbonyl (C=O) groups excluding carboxylic acids is 6. The molecular weight excluding hydrogens is 867 g/mol. The lowest BCUT2D eigenvalue weighted by Gasteiger charge is -2.41. The van der Waals surface area contributed by atoms with Crippen molar-refractivity contribution in [3.8, 4) is 0 Å². The molecule has 16 heteroatoms. The maximum Gasteiger partial charge on any atom is 0.411 e. The number of carbonyl (C=O) groups is 6. The molecule has 11 atom stereocenters. The highest BCUT2D eigenvalue weighted by Gasteiger charge is 2.53. The van der Waals surface area contributed by atoms with Crippen LogP contribution in [0.2, 0.25) is 0 Å². The van der Waals surface area contributed by atoms with E-state index in [9.17, 15) is 28.8 Å². The topological polar surface area (TPSA) is 202 Å². The Bertz CT molecular complexity index is 2030. The van der Waals surface area contributed by atoms with E-state index >= 15 is 0 Å². The van der Waals surface area contributed by atoms with E-state index in [0.29, 0.717) is 44.5 Å². The minimum atomic E-state index is -0.911. The Morgan fingerprint density at radius 2 is 1.54 bits per heavy atom. The molecular formula is C52H79N7O9. The average Bonchev–Trinajstić information content (AvgIpc) is 4.08. The molecule has 1 saturated carbocycles. The summed E-state index contributed by atoms with van der Waals surface area (Å²) in [6.45, 7) is 15.8. The van der Waals surface area contributed by atoms with Gasteiger partial charge in [-0.15, -0.1) is 0 Å². The molecule has 68 heavy (non-hydrogen) atoms. The van der Waals surface area contributed by atoms with Crippen molar-refractivity contribution in [3.05, 3.63) is 65.7 Å². The Balaban J connectivity index is 1.29. The molecule has 0 radical (unpaired) electrons. The van der Waals surface area contributed by atoms with Gasteiger partial charge in [-0.2, -0.15) is 0 Å². The molecule has 3 fully saturated rings. The van der Waals surface area contributed by atoms with Crippen LogP contribution in [0.5, 0.6) is 0 Å². The zero-order valence-corrected chi connectivity index (χ0v) is 42.3. The molecule has 0 aromatic heterocycles. The van der Waals surface area contributed by atoms with E-state index in [2.05, 4.69) is 16.0 Å². The second kappa shape index (κ2) is 24.0. The van der Waals surface area contributed by atoms with Crippen LogP contribution < -0.4 is 21.7 Å². The highest BCUT2D eigenvalue weighted by molar-refractivity contribution is 5.98. The van der Waals surface area contributed by atoms with Crippen molar-refractivity contribution >= 4 is 41.3 Å². The first kappa shape index (κ1) is 53.9. The monoisotopic (exact) mass is 946 g/mol. The highest BCUT2D eigenvalue weighted by atomic mass is 16.6. The summed E-state index contributed by atoms with van der Waals surface area (Å²) in [6, 6.07) is 13.1. The van der Waals surface area contributed by atoms with Gasteiger partial charge in [-0.05, 0) is 93.9 Å². The van der Waals surface area contributed by atoms with Crippen LogP contribution in [0.4, 0.5) is 10.5 Å². The van der Waals surface area contributed by atoms with E-state index in [4.69, 9.17) is 19.9 Å². The number of rotatable bonds is 21. The van der Waals surface area contributed by atoms with Crippen molar-refractivity contribution < 1.29 is 43.0 Å². The normalized spacial score (nSPS) is 22.1. The van der Waals surface area contributed by atoms with Crippen molar-refractivity contribution in [1.29, 1.82) is 0 Å². The quantitative estimate of drug-likeness (QED) is 0.121. The number of ether oxygens (including phenoxy) is 3. The number of likely N-dealkylation sites (tertiary alicyclic amines) is 2. The maximum atomic E-state index is 14.6. The van der Waals surface area contributed by atoms with Gasteiger partial charge in [0.25, 0.3) is 0 Å². The number of anilines is 1. The van der Waals surface area contributed by atoms with Gasteiger partial charge >= 0.3 is 6.09 Å². The molecule has 5 N–H and O–H groups in total. The molecule has 2 aromatic carbocycles. The third-order valence-corrected chi connectivity index (χ3v) is 14.3. The number of nitrogens with one attached hydrogen (secondary N) is 3. The first-order valence-electron chi connectivity index (χ1n) is 24.6. The van der Waals surface area contributed by atoms with E-state index in [0.717, 1.165) is 24.0 Å². The highest BCUT2D eigenvalue weighted by Crippen LogP contribution is 2.43. The summed E-state index contributed by atoms with van der Waals surface area (Å²) in [5.74, 6) is -2.82. The lowest BCUT2D eigenvalue weighted by molar-refractivity contribution is -0.148.